The largest absolute Gasteiger partial charge is 0.400 e. The number of allylic oxidation sites excluding steroid dienone is 5. The maximum absolute atomic E-state index is 7.00. The Bertz CT molecular complexity index is 87.9. The second kappa shape index (κ2) is 257. The molecule has 0 atom stereocenters. The fraction of sp³-hybridized carbons (Fsp3) is 0.667. The number of rotatable bonds is 1. The third-order valence-corrected chi connectivity index (χ3v) is 0.662. The summed E-state index contributed by atoms with van der Waals surface area (Å²) >= 11 is 0. The predicted molar refractivity (Wildman–Crippen MR) is 99.0 cm³/mol. The van der Waals surface area contributed by atoms with Gasteiger partial charge in [0.05, 0.1) is 0 Å². The Morgan fingerprint density at radius 3 is 0.789 bits per heavy atom. The minimum absolute atomic E-state index is 1.00. The molecule has 0 aliphatic rings. The molecule has 0 aliphatic heterocycles. The Morgan fingerprint density at radius 2 is 0.789 bits per heavy atom. The highest BCUT2D eigenvalue weighted by atomic mass is 16.2. The predicted octanol–water partition coefficient (Wildman–Crippen LogP) is 7.04. The van der Waals surface area contributed by atoms with Crippen molar-refractivity contribution >= 4 is 0 Å². The third-order valence-electron chi connectivity index (χ3n) is 0.662. The summed E-state index contributed by atoms with van der Waals surface area (Å²) in [5.41, 5.74) is 0. The van der Waals surface area contributed by atoms with Crippen LogP contribution in [0, 0.1) is 0 Å². The van der Waals surface area contributed by atoms with E-state index in [0.717, 1.165) is 7.11 Å². The van der Waals surface area contributed by atoms with Crippen LogP contribution in [0.1, 0.15) is 76.2 Å². The first-order valence-electron chi connectivity index (χ1n) is 7.59. The summed E-state index contributed by atoms with van der Waals surface area (Å²) in [4.78, 5) is 0. The molecule has 0 unspecified atom stereocenters. The molecule has 0 radical (unpaired) electrons. The maximum atomic E-state index is 7.00. The second-order valence-electron chi connectivity index (χ2n) is 1.43. The summed E-state index contributed by atoms with van der Waals surface area (Å²) in [6, 6.07) is 0. The fourth-order valence-electron chi connectivity index (χ4n) is 0.136. The van der Waals surface area contributed by atoms with E-state index < -0.39 is 0 Å². The first-order chi connectivity index (χ1) is 9.33. The Hall–Kier alpha value is -0.820. The lowest BCUT2D eigenvalue weighted by molar-refractivity contribution is 0.399. The minimum atomic E-state index is 1.00. The molecule has 0 aromatic heterocycles. The molecule has 0 bridgehead atoms. The van der Waals surface area contributed by atoms with Crippen molar-refractivity contribution in [3.63, 3.8) is 0 Å². The van der Waals surface area contributed by atoms with Gasteiger partial charge in [0.25, 0.3) is 0 Å². The Balaban J connectivity index is -0.0000000187. The van der Waals surface area contributed by atoms with Crippen molar-refractivity contribution in [1.29, 1.82) is 0 Å². The average Bonchev–Trinajstić information content (AvgIpc) is 2.58. The van der Waals surface area contributed by atoms with Gasteiger partial charge in [-0.05, 0) is 20.8 Å². The lowest BCUT2D eigenvalue weighted by Crippen LogP contribution is -1.33. The van der Waals surface area contributed by atoms with Crippen molar-refractivity contribution in [2.24, 2.45) is 0 Å². The molecule has 0 saturated heterocycles. The van der Waals surface area contributed by atoms with Crippen LogP contribution >= 0.6 is 0 Å². The van der Waals surface area contributed by atoms with Crippen LogP contribution in [-0.2, 0) is 0 Å². The number of aliphatic hydroxyl groups is 1. The molecule has 1 N–H and O–H groups in total. The van der Waals surface area contributed by atoms with Crippen LogP contribution in [0.3, 0.4) is 0 Å². The Labute approximate surface area is 126 Å². The Morgan fingerprint density at radius 1 is 0.579 bits per heavy atom. The molecule has 0 spiro atoms. The average molecular weight is 277 g/mol. The van der Waals surface area contributed by atoms with Gasteiger partial charge in [-0.2, -0.15) is 0 Å². The third kappa shape index (κ3) is 833. The van der Waals surface area contributed by atoms with Crippen molar-refractivity contribution in [1.82, 2.24) is 0 Å². The van der Waals surface area contributed by atoms with Gasteiger partial charge >= 0.3 is 0 Å². The summed E-state index contributed by atoms with van der Waals surface area (Å²) in [6.45, 7) is 25.4. The lowest BCUT2D eigenvalue weighted by atomic mass is 10.5. The smallest absolute Gasteiger partial charge is 0.0319 e. The van der Waals surface area contributed by atoms with E-state index in [1.807, 2.05) is 100 Å². The Kier molecular flexibility index (Phi) is 582. The van der Waals surface area contributed by atoms with Crippen LogP contribution < -0.4 is 0 Å². The van der Waals surface area contributed by atoms with Gasteiger partial charge in [0, 0.05) is 7.11 Å². The van der Waals surface area contributed by atoms with E-state index in [4.69, 9.17) is 5.11 Å². The molecular formula is C18H44O. The molecule has 122 valence electrons. The van der Waals surface area contributed by atoms with Crippen LogP contribution in [-0.4, -0.2) is 12.2 Å². The van der Waals surface area contributed by atoms with Crippen LogP contribution in [0.4, 0.5) is 0 Å². The zero-order chi connectivity index (χ0) is 17.5. The number of hydrogen-bond acceptors (Lipinski definition) is 1. The highest BCUT2D eigenvalue weighted by Gasteiger charge is 1.42. The van der Waals surface area contributed by atoms with Gasteiger partial charge in [-0.3, -0.25) is 0 Å². The summed E-state index contributed by atoms with van der Waals surface area (Å²) in [5.74, 6) is 0. The van der Waals surface area contributed by atoms with E-state index in [1.54, 1.807) is 6.08 Å². The topological polar surface area (TPSA) is 20.2 Å². The van der Waals surface area contributed by atoms with Crippen molar-refractivity contribution in [3.8, 4) is 0 Å². The molecule has 0 fully saturated rings. The van der Waals surface area contributed by atoms with E-state index >= 15 is 0 Å². The monoisotopic (exact) mass is 276 g/mol. The quantitative estimate of drug-likeness (QED) is 0.402. The van der Waals surface area contributed by atoms with E-state index in [0.29, 0.717) is 0 Å². The molecule has 0 saturated carbocycles. The van der Waals surface area contributed by atoms with Gasteiger partial charge in [0.2, 0.25) is 0 Å². The standard InChI is InChI=1S/C5H8.C4H8.4C2H6.CH4O/c1-3-5-4-2;1-3-4-2;5*1-2/h3-5H,1H2,2H3;3-4H,1-2H3;4*1-2H3;2H,1H3/b5-4-;4-3-;;;;;. The highest BCUT2D eigenvalue weighted by Crippen LogP contribution is 1.64. The highest BCUT2D eigenvalue weighted by molar-refractivity contribution is 4.94. The zero-order valence-corrected chi connectivity index (χ0v) is 16.0. The van der Waals surface area contributed by atoms with Gasteiger partial charge in [-0.1, -0.05) is 92.3 Å². The molecule has 1 nitrogen and oxygen atoms in total. The van der Waals surface area contributed by atoms with Crippen LogP contribution in [0.25, 0.3) is 0 Å². The first-order valence-corrected chi connectivity index (χ1v) is 7.59. The van der Waals surface area contributed by atoms with E-state index in [2.05, 4.69) is 6.58 Å². The maximum Gasteiger partial charge on any atom is 0.0319 e. The first kappa shape index (κ1) is 42.9. The zero-order valence-electron chi connectivity index (χ0n) is 16.0. The molecule has 0 aliphatic carbocycles. The molecule has 0 heterocycles. The van der Waals surface area contributed by atoms with E-state index in [9.17, 15) is 0 Å². The molecule has 0 aromatic carbocycles. The molecule has 1 heteroatoms. The van der Waals surface area contributed by atoms with Gasteiger partial charge in [0.1, 0.15) is 0 Å². The minimum Gasteiger partial charge on any atom is -0.400 e. The van der Waals surface area contributed by atoms with Crippen molar-refractivity contribution < 1.29 is 5.11 Å². The SMILES string of the molecule is C/C=C\C.C=C/C=C\C.CC.CC.CC.CC.CO. The van der Waals surface area contributed by atoms with Crippen LogP contribution in [0.5, 0.6) is 0 Å². The van der Waals surface area contributed by atoms with Crippen molar-refractivity contribution in [2.45, 2.75) is 76.2 Å². The molecule has 0 aromatic rings. The van der Waals surface area contributed by atoms with Crippen molar-refractivity contribution in [3.05, 3.63) is 37.0 Å². The van der Waals surface area contributed by atoms with Gasteiger partial charge in [-0.25, -0.2) is 0 Å². The van der Waals surface area contributed by atoms with E-state index in [1.165, 1.54) is 0 Å². The van der Waals surface area contributed by atoms with Crippen molar-refractivity contribution in [2.75, 3.05) is 7.11 Å². The van der Waals surface area contributed by atoms with Gasteiger partial charge < -0.3 is 5.11 Å². The molecule has 19 heavy (non-hydrogen) atoms. The van der Waals surface area contributed by atoms with Gasteiger partial charge in [-0.15, -0.1) is 0 Å². The lowest BCUT2D eigenvalue weighted by Gasteiger charge is -1.56. The summed E-state index contributed by atoms with van der Waals surface area (Å²) in [7, 11) is 1.00. The summed E-state index contributed by atoms with van der Waals surface area (Å²) < 4.78 is 0. The summed E-state index contributed by atoms with van der Waals surface area (Å²) in [6.07, 6.45) is 9.58. The second-order valence-corrected chi connectivity index (χ2v) is 1.43. The van der Waals surface area contributed by atoms with Gasteiger partial charge in [0.15, 0.2) is 0 Å². The summed E-state index contributed by atoms with van der Waals surface area (Å²) in [5, 5.41) is 7.00. The van der Waals surface area contributed by atoms with Crippen LogP contribution in [0.2, 0.25) is 0 Å². The molecular weight excluding hydrogens is 232 g/mol. The molecule has 0 amide bonds. The van der Waals surface area contributed by atoms with Crippen LogP contribution in [0.15, 0.2) is 37.0 Å². The number of aliphatic hydroxyl groups excluding tert-OH is 1. The molecule has 0 rings (SSSR count). The normalized spacial score (nSPS) is 5.95. The number of hydrogen-bond donors (Lipinski definition) is 1. The fourth-order valence-corrected chi connectivity index (χ4v) is 0.136. The van der Waals surface area contributed by atoms with E-state index in [-0.39, 0.29) is 0 Å².